The normalized spacial score (nSPS) is 16.7. The van der Waals surface area contributed by atoms with Crippen LogP contribution >= 0.6 is 11.8 Å². The van der Waals surface area contributed by atoms with Crippen molar-refractivity contribution in [1.29, 1.82) is 0 Å². The van der Waals surface area contributed by atoms with Crippen LogP contribution in [0.3, 0.4) is 0 Å². The minimum Gasteiger partial charge on any atom is -0.378 e. The number of benzene rings is 1. The van der Waals surface area contributed by atoms with E-state index in [1.165, 1.54) is 18.2 Å². The van der Waals surface area contributed by atoms with E-state index in [-0.39, 0.29) is 11.8 Å². The molecule has 5 rings (SSSR count). The number of carbonyl (C=O) groups excluding carboxylic acids is 1. The summed E-state index contributed by atoms with van der Waals surface area (Å²) < 4.78 is 5.49. The monoisotopic (exact) mass is 508 g/mol. The Kier molecular flexibility index (Phi) is 7.66. The van der Waals surface area contributed by atoms with Crippen molar-refractivity contribution in [2.24, 2.45) is 5.92 Å². The highest BCUT2D eigenvalue weighted by Gasteiger charge is 2.21. The zero-order chi connectivity index (χ0) is 24.9. The molecule has 3 aromatic rings. The zero-order valence-corrected chi connectivity index (χ0v) is 21.5. The fraction of sp³-hybridized carbons (Fsp3) is 0.480. The second kappa shape index (κ2) is 11.3. The molecular formula is C25H32N8O2S. The van der Waals surface area contributed by atoms with Gasteiger partial charge in [0.15, 0.2) is 11.0 Å². The Hall–Kier alpha value is -3.18. The molecule has 0 bridgehead atoms. The number of aryl methyl sites for hydroxylation is 1. The number of nitrogens with one attached hydrogen (secondary N) is 3. The van der Waals surface area contributed by atoms with Gasteiger partial charge in [0, 0.05) is 40.8 Å². The molecule has 0 radical (unpaired) electrons. The second-order valence-corrected chi connectivity index (χ2v) is 10.3. The van der Waals surface area contributed by atoms with Gasteiger partial charge in [-0.3, -0.25) is 9.89 Å². The molecule has 0 unspecified atom stereocenters. The van der Waals surface area contributed by atoms with E-state index in [0.717, 1.165) is 60.6 Å². The van der Waals surface area contributed by atoms with Crippen molar-refractivity contribution in [3.05, 3.63) is 35.5 Å². The van der Waals surface area contributed by atoms with Crippen LogP contribution in [-0.4, -0.2) is 57.4 Å². The fourth-order valence-electron chi connectivity index (χ4n) is 4.39. The number of hydrogen-bond acceptors (Lipinski definition) is 9. The average molecular weight is 509 g/mol. The van der Waals surface area contributed by atoms with Crippen LogP contribution in [-0.2, 0) is 9.53 Å². The molecule has 3 heterocycles. The molecule has 1 aliphatic heterocycles. The predicted molar refractivity (Wildman–Crippen MR) is 140 cm³/mol. The van der Waals surface area contributed by atoms with Gasteiger partial charge in [-0.05, 0) is 62.7 Å². The molecule has 1 saturated carbocycles. The molecule has 0 spiro atoms. The summed E-state index contributed by atoms with van der Waals surface area (Å²) >= 11 is 1.45. The van der Waals surface area contributed by atoms with Crippen LogP contribution in [0.4, 0.5) is 23.4 Å². The lowest BCUT2D eigenvalue weighted by atomic mass is 9.88. The maximum Gasteiger partial charge on any atom is 0.234 e. The van der Waals surface area contributed by atoms with E-state index in [1.54, 1.807) is 0 Å². The Morgan fingerprint density at radius 2 is 1.81 bits per heavy atom. The lowest BCUT2D eigenvalue weighted by molar-refractivity contribution is -0.120. The Bertz CT molecular complexity index is 1190. The maximum atomic E-state index is 12.6. The third-order valence-corrected chi connectivity index (χ3v) is 7.56. The summed E-state index contributed by atoms with van der Waals surface area (Å²) in [4.78, 5) is 29.7. The number of ether oxygens (including phenoxy) is 1. The summed E-state index contributed by atoms with van der Waals surface area (Å²) in [6, 6.07) is 7.83. The number of aromatic nitrogens is 5. The van der Waals surface area contributed by atoms with Crippen LogP contribution in [0.1, 0.15) is 43.4 Å². The van der Waals surface area contributed by atoms with Gasteiger partial charge in [-0.25, -0.2) is 0 Å². The van der Waals surface area contributed by atoms with Crippen LogP contribution in [0.25, 0.3) is 0 Å². The van der Waals surface area contributed by atoms with Crippen LogP contribution < -0.4 is 15.5 Å². The molecule has 190 valence electrons. The molecule has 1 aromatic carbocycles. The molecule has 36 heavy (non-hydrogen) atoms. The van der Waals surface area contributed by atoms with Crippen molar-refractivity contribution < 1.29 is 9.53 Å². The highest BCUT2D eigenvalue weighted by Crippen LogP contribution is 2.30. The van der Waals surface area contributed by atoms with E-state index in [2.05, 4.69) is 35.7 Å². The molecule has 1 saturated heterocycles. The molecule has 10 nitrogen and oxygen atoms in total. The SMILES string of the molecule is Cc1[nH]nc(Nc2nc(Sc3ccc(NC(=O)C4CCCCC4)cc3)nc(N3CCOCC3)n2)c1C. The van der Waals surface area contributed by atoms with Crippen molar-refractivity contribution in [2.75, 3.05) is 41.8 Å². The molecule has 0 atom stereocenters. The van der Waals surface area contributed by atoms with Crippen molar-refractivity contribution >= 4 is 41.1 Å². The Balaban J connectivity index is 1.32. The van der Waals surface area contributed by atoms with Crippen LogP contribution in [0.2, 0.25) is 0 Å². The number of anilines is 4. The number of aromatic amines is 1. The summed E-state index contributed by atoms with van der Waals surface area (Å²) in [7, 11) is 0. The van der Waals surface area contributed by atoms with E-state index in [9.17, 15) is 4.79 Å². The third-order valence-electron chi connectivity index (χ3n) is 6.69. The molecule has 11 heteroatoms. The van der Waals surface area contributed by atoms with Crippen molar-refractivity contribution in [1.82, 2.24) is 25.1 Å². The lowest BCUT2D eigenvalue weighted by Crippen LogP contribution is -2.37. The topological polar surface area (TPSA) is 121 Å². The maximum absolute atomic E-state index is 12.6. The largest absolute Gasteiger partial charge is 0.378 e. The van der Waals surface area contributed by atoms with Crippen LogP contribution in [0.15, 0.2) is 34.3 Å². The minimum absolute atomic E-state index is 0.127. The molecule has 2 aromatic heterocycles. The molecule has 3 N–H and O–H groups in total. The van der Waals surface area contributed by atoms with Gasteiger partial charge in [-0.2, -0.15) is 20.1 Å². The van der Waals surface area contributed by atoms with Gasteiger partial charge in [0.25, 0.3) is 0 Å². The zero-order valence-electron chi connectivity index (χ0n) is 20.7. The number of rotatable bonds is 7. The Labute approximate surface area is 215 Å². The first-order valence-electron chi connectivity index (χ1n) is 12.5. The summed E-state index contributed by atoms with van der Waals surface area (Å²) in [5.74, 6) is 2.01. The quantitative estimate of drug-likeness (QED) is 0.425. The number of nitrogens with zero attached hydrogens (tertiary/aromatic N) is 5. The second-order valence-electron chi connectivity index (χ2n) is 9.24. The number of hydrogen-bond donors (Lipinski definition) is 3. The summed E-state index contributed by atoms with van der Waals surface area (Å²) in [5, 5.41) is 14.2. The Morgan fingerprint density at radius 1 is 1.06 bits per heavy atom. The van der Waals surface area contributed by atoms with Crippen molar-refractivity contribution in [2.45, 2.75) is 56.0 Å². The van der Waals surface area contributed by atoms with E-state index < -0.39 is 0 Å². The van der Waals surface area contributed by atoms with Gasteiger partial charge in [0.2, 0.25) is 17.8 Å². The van der Waals surface area contributed by atoms with Crippen LogP contribution in [0, 0.1) is 19.8 Å². The smallest absolute Gasteiger partial charge is 0.234 e. The lowest BCUT2D eigenvalue weighted by Gasteiger charge is -2.27. The number of morpholine rings is 1. The average Bonchev–Trinajstić information content (AvgIpc) is 3.23. The minimum atomic E-state index is 0.127. The number of carbonyl (C=O) groups is 1. The summed E-state index contributed by atoms with van der Waals surface area (Å²) in [6.07, 6.45) is 5.49. The van der Waals surface area contributed by atoms with Gasteiger partial charge in [0.05, 0.1) is 13.2 Å². The van der Waals surface area contributed by atoms with Crippen molar-refractivity contribution in [3.63, 3.8) is 0 Å². The first-order chi connectivity index (χ1) is 17.5. The predicted octanol–water partition coefficient (Wildman–Crippen LogP) is 4.46. The fourth-order valence-corrected chi connectivity index (χ4v) is 5.13. The van der Waals surface area contributed by atoms with Gasteiger partial charge in [-0.1, -0.05) is 19.3 Å². The molecule has 1 amide bonds. The number of H-pyrrole nitrogens is 1. The third kappa shape index (κ3) is 5.96. The molecule has 2 aliphatic rings. The van der Waals surface area contributed by atoms with E-state index in [1.807, 2.05) is 38.1 Å². The molecule has 2 fully saturated rings. The van der Waals surface area contributed by atoms with E-state index in [0.29, 0.717) is 36.1 Å². The molecule has 1 aliphatic carbocycles. The van der Waals surface area contributed by atoms with Crippen LogP contribution in [0.5, 0.6) is 0 Å². The standard InChI is InChI=1S/C25H32N8O2S/c1-16-17(2)31-32-21(16)27-23-28-24(33-12-14-35-15-13-33)30-25(29-23)36-20-10-8-19(9-11-20)26-22(34)18-6-4-3-5-7-18/h8-11,18H,3-7,12-15H2,1-2H3,(H,26,34)(H2,27,28,29,30,31,32). The first kappa shape index (κ1) is 24.5. The van der Waals surface area contributed by atoms with E-state index >= 15 is 0 Å². The Morgan fingerprint density at radius 3 is 2.50 bits per heavy atom. The first-order valence-corrected chi connectivity index (χ1v) is 13.3. The van der Waals surface area contributed by atoms with Gasteiger partial charge in [0.1, 0.15) is 0 Å². The van der Waals surface area contributed by atoms with Gasteiger partial charge < -0.3 is 20.3 Å². The number of amides is 1. The summed E-state index contributed by atoms with van der Waals surface area (Å²) in [6.45, 7) is 6.70. The van der Waals surface area contributed by atoms with Gasteiger partial charge in [-0.15, -0.1) is 0 Å². The van der Waals surface area contributed by atoms with Gasteiger partial charge >= 0.3 is 0 Å². The van der Waals surface area contributed by atoms with E-state index in [4.69, 9.17) is 9.72 Å². The highest BCUT2D eigenvalue weighted by molar-refractivity contribution is 7.99. The van der Waals surface area contributed by atoms with Crippen molar-refractivity contribution in [3.8, 4) is 0 Å². The summed E-state index contributed by atoms with van der Waals surface area (Å²) in [5.41, 5.74) is 2.82. The molecular weight excluding hydrogens is 476 g/mol. The highest BCUT2D eigenvalue weighted by atomic mass is 32.2.